The maximum atomic E-state index is 14.0. The molecule has 0 saturated carbocycles. The summed E-state index contributed by atoms with van der Waals surface area (Å²) in [6.07, 6.45) is 3.59. The number of carbonyl (C=O) groups excluding carboxylic acids is 1. The van der Waals surface area contributed by atoms with Crippen LogP contribution in [0.1, 0.15) is 18.7 Å². The zero-order chi connectivity index (χ0) is 24.7. The van der Waals surface area contributed by atoms with Crippen molar-refractivity contribution >= 4 is 22.5 Å². The quantitative estimate of drug-likeness (QED) is 0.415. The minimum atomic E-state index is -1.09. The van der Waals surface area contributed by atoms with E-state index in [9.17, 15) is 18.4 Å². The van der Waals surface area contributed by atoms with Gasteiger partial charge in [0, 0.05) is 18.5 Å². The standard InChI is InChI=1S/C25H20F2N6O2/c1-15-22-21(24(31-12-6-7-13-31)33(30-22)18-8-4-3-5-9-18)25(35)32(29-15)16(2)23(34)28-20-11-10-17(26)14-19(20)27/h3-14,16H,1-2H3,(H,28,34)/t16-/m1/s1. The molecule has 0 saturated heterocycles. The first-order chi connectivity index (χ1) is 16.8. The van der Waals surface area contributed by atoms with Crippen molar-refractivity contribution in [3.05, 3.63) is 101 Å². The molecule has 0 radical (unpaired) electrons. The molecule has 1 N–H and O–H groups in total. The van der Waals surface area contributed by atoms with Gasteiger partial charge in [0.25, 0.3) is 5.56 Å². The van der Waals surface area contributed by atoms with Gasteiger partial charge in [-0.15, -0.1) is 0 Å². The van der Waals surface area contributed by atoms with Gasteiger partial charge in [-0.05, 0) is 50.2 Å². The third kappa shape index (κ3) is 3.88. The topological polar surface area (TPSA) is 86.7 Å². The number of aromatic nitrogens is 5. The zero-order valence-corrected chi connectivity index (χ0v) is 18.8. The minimum Gasteiger partial charge on any atom is -0.322 e. The van der Waals surface area contributed by atoms with E-state index in [-0.39, 0.29) is 11.1 Å². The van der Waals surface area contributed by atoms with Crippen molar-refractivity contribution in [3.63, 3.8) is 0 Å². The maximum Gasteiger partial charge on any atom is 0.280 e. The van der Waals surface area contributed by atoms with Gasteiger partial charge in [0.2, 0.25) is 5.91 Å². The average Bonchev–Trinajstić information content (AvgIpc) is 3.51. The molecule has 10 heteroatoms. The largest absolute Gasteiger partial charge is 0.322 e. The van der Waals surface area contributed by atoms with Crippen molar-refractivity contribution in [1.82, 2.24) is 24.1 Å². The SMILES string of the molecule is Cc1nn([C@H](C)C(=O)Nc2ccc(F)cc2F)c(=O)c2c(-n3cccc3)n(-c3ccccc3)nc12. The molecule has 0 spiro atoms. The lowest BCUT2D eigenvalue weighted by molar-refractivity contribution is -0.119. The molecule has 35 heavy (non-hydrogen) atoms. The number of hydrogen-bond acceptors (Lipinski definition) is 4. The van der Waals surface area contributed by atoms with Gasteiger partial charge in [0.05, 0.1) is 17.1 Å². The summed E-state index contributed by atoms with van der Waals surface area (Å²) in [6, 6.07) is 14.7. The van der Waals surface area contributed by atoms with Crippen LogP contribution < -0.4 is 10.9 Å². The van der Waals surface area contributed by atoms with Gasteiger partial charge >= 0.3 is 0 Å². The molecule has 1 atom stereocenters. The molecule has 3 aromatic heterocycles. The fourth-order valence-electron chi connectivity index (χ4n) is 3.89. The summed E-state index contributed by atoms with van der Waals surface area (Å²) in [7, 11) is 0. The number of hydrogen-bond donors (Lipinski definition) is 1. The van der Waals surface area contributed by atoms with Crippen LogP contribution in [0.2, 0.25) is 0 Å². The van der Waals surface area contributed by atoms with Crippen molar-refractivity contribution in [3.8, 4) is 11.5 Å². The molecule has 8 nitrogen and oxygen atoms in total. The Kier molecular flexibility index (Phi) is 5.48. The number of halogens is 2. The number of anilines is 1. The summed E-state index contributed by atoms with van der Waals surface area (Å²) in [4.78, 5) is 26.6. The molecule has 0 aliphatic heterocycles. The average molecular weight is 474 g/mol. The molecule has 0 unspecified atom stereocenters. The molecular formula is C25H20F2N6O2. The first kappa shape index (κ1) is 22.2. The third-order valence-electron chi connectivity index (χ3n) is 5.67. The van der Waals surface area contributed by atoms with Gasteiger partial charge in [-0.25, -0.2) is 18.1 Å². The van der Waals surface area contributed by atoms with Crippen LogP contribution in [0.25, 0.3) is 22.4 Å². The van der Waals surface area contributed by atoms with Crippen molar-refractivity contribution in [2.45, 2.75) is 19.9 Å². The summed E-state index contributed by atoms with van der Waals surface area (Å²) in [5, 5.41) is 11.7. The Balaban J connectivity index is 1.65. The highest BCUT2D eigenvalue weighted by Crippen LogP contribution is 2.25. The normalized spacial score (nSPS) is 12.1. The molecule has 1 amide bonds. The number of aryl methyl sites for hydroxylation is 1. The summed E-state index contributed by atoms with van der Waals surface area (Å²) >= 11 is 0. The molecule has 176 valence electrons. The van der Waals surface area contributed by atoms with Crippen molar-refractivity contribution in [2.24, 2.45) is 0 Å². The Bertz CT molecular complexity index is 1610. The van der Waals surface area contributed by atoms with Gasteiger partial charge < -0.3 is 9.88 Å². The summed E-state index contributed by atoms with van der Waals surface area (Å²) < 4.78 is 31.7. The highest BCUT2D eigenvalue weighted by Gasteiger charge is 2.26. The van der Waals surface area contributed by atoms with Crippen molar-refractivity contribution < 1.29 is 13.6 Å². The number of amides is 1. The van der Waals surface area contributed by atoms with Crippen LogP contribution in [0, 0.1) is 18.6 Å². The lowest BCUT2D eigenvalue weighted by Crippen LogP contribution is -2.34. The van der Waals surface area contributed by atoms with Gasteiger partial charge in [-0.1, -0.05) is 18.2 Å². The number of carbonyl (C=O) groups is 1. The first-order valence-electron chi connectivity index (χ1n) is 10.8. The number of nitrogens with one attached hydrogen (secondary N) is 1. The smallest absolute Gasteiger partial charge is 0.280 e. The lowest BCUT2D eigenvalue weighted by atomic mass is 10.2. The Labute approximate surface area is 198 Å². The van der Waals surface area contributed by atoms with Crippen LogP contribution in [0.3, 0.4) is 0 Å². The molecule has 5 aromatic rings. The van der Waals surface area contributed by atoms with E-state index in [0.29, 0.717) is 23.1 Å². The Hall–Kier alpha value is -4.60. The summed E-state index contributed by atoms with van der Waals surface area (Å²) in [6.45, 7) is 3.18. The molecule has 5 rings (SSSR count). The second kappa shape index (κ2) is 8.64. The monoisotopic (exact) mass is 474 g/mol. The fraction of sp³-hybridized carbons (Fsp3) is 0.120. The van der Waals surface area contributed by atoms with Gasteiger partial charge in [0.15, 0.2) is 5.82 Å². The van der Waals surface area contributed by atoms with E-state index < -0.39 is 29.1 Å². The Morgan fingerprint density at radius 3 is 2.40 bits per heavy atom. The fourth-order valence-corrected chi connectivity index (χ4v) is 3.89. The van der Waals surface area contributed by atoms with Gasteiger partial charge in [0.1, 0.15) is 28.6 Å². The van der Waals surface area contributed by atoms with E-state index in [0.717, 1.165) is 22.5 Å². The number of rotatable bonds is 5. The van der Waals surface area contributed by atoms with Gasteiger partial charge in [-0.3, -0.25) is 9.59 Å². The van der Waals surface area contributed by atoms with E-state index in [1.54, 1.807) is 28.6 Å². The predicted octanol–water partition coefficient (Wildman–Crippen LogP) is 4.16. The third-order valence-corrected chi connectivity index (χ3v) is 5.67. The van der Waals surface area contributed by atoms with Crippen LogP contribution in [0.5, 0.6) is 0 Å². The minimum absolute atomic E-state index is 0.195. The van der Waals surface area contributed by atoms with E-state index in [1.165, 1.54) is 6.92 Å². The van der Waals surface area contributed by atoms with E-state index in [1.807, 2.05) is 42.5 Å². The molecule has 3 heterocycles. The zero-order valence-electron chi connectivity index (χ0n) is 18.8. The number of fused-ring (bicyclic) bond motifs is 1. The second-order valence-electron chi connectivity index (χ2n) is 8.01. The number of benzene rings is 2. The lowest BCUT2D eigenvalue weighted by Gasteiger charge is -2.15. The van der Waals surface area contributed by atoms with Crippen LogP contribution in [0.4, 0.5) is 14.5 Å². The van der Waals surface area contributed by atoms with Crippen LogP contribution in [-0.2, 0) is 4.79 Å². The van der Waals surface area contributed by atoms with Crippen LogP contribution in [0.15, 0.2) is 77.9 Å². The number of nitrogens with zero attached hydrogens (tertiary/aromatic N) is 5. The molecule has 0 aliphatic carbocycles. The summed E-state index contributed by atoms with van der Waals surface area (Å²) in [5.74, 6) is -1.86. The molecule has 0 aliphatic rings. The Morgan fingerprint density at radius 2 is 1.71 bits per heavy atom. The van der Waals surface area contributed by atoms with E-state index in [4.69, 9.17) is 0 Å². The van der Waals surface area contributed by atoms with E-state index in [2.05, 4.69) is 15.5 Å². The maximum absolute atomic E-state index is 14.0. The van der Waals surface area contributed by atoms with Gasteiger partial charge in [-0.2, -0.15) is 10.2 Å². The Morgan fingerprint density at radius 1 is 1.00 bits per heavy atom. The van der Waals surface area contributed by atoms with Crippen molar-refractivity contribution in [1.29, 1.82) is 0 Å². The number of para-hydroxylation sites is 1. The van der Waals surface area contributed by atoms with Crippen LogP contribution >= 0.6 is 0 Å². The summed E-state index contributed by atoms with van der Waals surface area (Å²) in [5.41, 5.74) is 0.861. The molecule has 0 bridgehead atoms. The highest BCUT2D eigenvalue weighted by atomic mass is 19.1. The molecular weight excluding hydrogens is 454 g/mol. The molecule has 2 aromatic carbocycles. The molecule has 0 fully saturated rings. The van der Waals surface area contributed by atoms with Crippen molar-refractivity contribution in [2.75, 3.05) is 5.32 Å². The first-order valence-corrected chi connectivity index (χ1v) is 10.8. The van der Waals surface area contributed by atoms with Crippen LogP contribution in [-0.4, -0.2) is 30.0 Å². The predicted molar refractivity (Wildman–Crippen MR) is 127 cm³/mol. The highest BCUT2D eigenvalue weighted by molar-refractivity contribution is 5.94. The van der Waals surface area contributed by atoms with E-state index >= 15 is 0 Å². The second-order valence-corrected chi connectivity index (χ2v) is 8.01.